The lowest BCUT2D eigenvalue weighted by Crippen LogP contribution is -2.26. The molecule has 0 radical (unpaired) electrons. The summed E-state index contributed by atoms with van der Waals surface area (Å²) >= 11 is 6.36. The van der Waals surface area contributed by atoms with Gasteiger partial charge in [0.15, 0.2) is 0 Å². The zero-order valence-corrected chi connectivity index (χ0v) is 9.10. The van der Waals surface area contributed by atoms with E-state index in [1.54, 1.807) is 12.1 Å². The zero-order chi connectivity index (χ0) is 10.8. The van der Waals surface area contributed by atoms with Crippen LogP contribution in [0, 0.1) is 10.1 Å². The fraction of sp³-hybridized carbons (Fsp3) is 0.125. The Balaban J connectivity index is 2.25. The van der Waals surface area contributed by atoms with Crippen molar-refractivity contribution >= 4 is 34.0 Å². The molecule has 1 aliphatic heterocycles. The summed E-state index contributed by atoms with van der Waals surface area (Å²) in [5.74, 6) is 0. The molecule has 0 aromatic heterocycles. The van der Waals surface area contributed by atoms with E-state index in [0.717, 1.165) is 5.56 Å². The summed E-state index contributed by atoms with van der Waals surface area (Å²) in [5.41, 5.74) is 6.65. The second-order valence-corrected chi connectivity index (χ2v) is 4.69. The quantitative estimate of drug-likeness (QED) is 0.467. The molecule has 2 N–H and O–H groups in total. The number of nitro groups is 1. The molecule has 1 fully saturated rings. The van der Waals surface area contributed by atoms with Gasteiger partial charge >= 0.3 is 0 Å². The molecule has 5 nitrogen and oxygen atoms in total. The number of rotatable bonds is 2. The molecule has 15 heavy (non-hydrogen) atoms. The van der Waals surface area contributed by atoms with Gasteiger partial charge in [0.05, 0.1) is 4.92 Å². The molecule has 0 bridgehead atoms. The second-order valence-electron chi connectivity index (χ2n) is 2.91. The van der Waals surface area contributed by atoms with E-state index in [1.807, 2.05) is 6.07 Å². The van der Waals surface area contributed by atoms with Gasteiger partial charge in [-0.2, -0.15) is 0 Å². The Morgan fingerprint density at radius 2 is 2.33 bits per heavy atom. The van der Waals surface area contributed by atoms with Crippen LogP contribution in [0.1, 0.15) is 10.9 Å². The van der Waals surface area contributed by atoms with E-state index in [9.17, 15) is 10.1 Å². The lowest BCUT2D eigenvalue weighted by Gasteiger charge is -2.06. The van der Waals surface area contributed by atoms with Crippen molar-refractivity contribution in [1.29, 1.82) is 0 Å². The highest BCUT2D eigenvalue weighted by Gasteiger charge is 2.22. The van der Waals surface area contributed by atoms with Gasteiger partial charge in [0, 0.05) is 12.1 Å². The van der Waals surface area contributed by atoms with Gasteiger partial charge in [0.2, 0.25) is 0 Å². The van der Waals surface area contributed by atoms with Crippen molar-refractivity contribution in [2.75, 3.05) is 0 Å². The number of benzene rings is 1. The Labute approximate surface area is 95.4 Å². The van der Waals surface area contributed by atoms with Crippen LogP contribution in [0.15, 0.2) is 24.3 Å². The predicted molar refractivity (Wildman–Crippen MR) is 62.3 cm³/mol. The Kier molecular flexibility index (Phi) is 2.85. The standard InChI is InChI=1S/C8H7N3O2S2/c12-11(13)6-3-1-2-5(4-6)7-9-10-8(14)15-7/h1-4,7,9H,(H,10,14)/t7-/m1/s1. The Morgan fingerprint density at radius 3 is 2.93 bits per heavy atom. The number of hydrogen-bond acceptors (Lipinski definition) is 5. The van der Waals surface area contributed by atoms with Crippen molar-refractivity contribution in [1.82, 2.24) is 10.9 Å². The largest absolute Gasteiger partial charge is 0.305 e. The van der Waals surface area contributed by atoms with Crippen LogP contribution in [0.3, 0.4) is 0 Å². The maximum Gasteiger partial charge on any atom is 0.269 e. The molecule has 1 heterocycles. The highest BCUT2D eigenvalue weighted by molar-refractivity contribution is 8.23. The summed E-state index contributed by atoms with van der Waals surface area (Å²) in [6, 6.07) is 6.50. The smallest absolute Gasteiger partial charge is 0.269 e. The first kappa shape index (κ1) is 10.3. The lowest BCUT2D eigenvalue weighted by molar-refractivity contribution is -0.384. The molecule has 0 saturated carbocycles. The topological polar surface area (TPSA) is 67.2 Å². The Hall–Kier alpha value is -1.18. The van der Waals surface area contributed by atoms with Gasteiger partial charge in [-0.3, -0.25) is 10.1 Å². The number of nitrogens with one attached hydrogen (secondary N) is 2. The van der Waals surface area contributed by atoms with Crippen LogP contribution >= 0.6 is 24.0 Å². The van der Waals surface area contributed by atoms with Gasteiger partial charge in [-0.15, -0.1) is 0 Å². The van der Waals surface area contributed by atoms with Gasteiger partial charge in [-0.25, -0.2) is 5.43 Å². The molecule has 2 rings (SSSR count). The third-order valence-electron chi connectivity index (χ3n) is 1.91. The normalized spacial score (nSPS) is 20.0. The molecule has 1 aromatic carbocycles. The molecule has 0 unspecified atom stereocenters. The first-order valence-electron chi connectivity index (χ1n) is 4.13. The highest BCUT2D eigenvalue weighted by atomic mass is 32.2. The number of nitrogens with zero attached hydrogens (tertiary/aromatic N) is 1. The minimum atomic E-state index is -0.408. The van der Waals surface area contributed by atoms with E-state index >= 15 is 0 Å². The molecule has 1 aliphatic rings. The van der Waals surface area contributed by atoms with Gasteiger partial charge in [0.1, 0.15) is 9.69 Å². The Bertz CT molecular complexity index is 424. The summed E-state index contributed by atoms with van der Waals surface area (Å²) in [6.45, 7) is 0. The number of thiocarbonyl (C=S) groups is 1. The average molecular weight is 241 g/mol. The maximum absolute atomic E-state index is 10.6. The van der Waals surface area contributed by atoms with Gasteiger partial charge in [0.25, 0.3) is 5.69 Å². The first-order valence-corrected chi connectivity index (χ1v) is 5.42. The van der Waals surface area contributed by atoms with Gasteiger partial charge < -0.3 is 5.43 Å². The second kappa shape index (κ2) is 4.13. The fourth-order valence-electron chi connectivity index (χ4n) is 1.24. The molecule has 0 aliphatic carbocycles. The van der Waals surface area contributed by atoms with Crippen LogP contribution in [-0.4, -0.2) is 9.24 Å². The van der Waals surface area contributed by atoms with E-state index in [-0.39, 0.29) is 11.1 Å². The van der Waals surface area contributed by atoms with Crippen molar-refractivity contribution in [3.05, 3.63) is 39.9 Å². The summed E-state index contributed by atoms with van der Waals surface area (Å²) < 4.78 is 0.645. The number of nitro benzene ring substituents is 1. The van der Waals surface area contributed by atoms with Crippen LogP contribution in [0.4, 0.5) is 5.69 Å². The van der Waals surface area contributed by atoms with Crippen molar-refractivity contribution in [3.8, 4) is 0 Å². The molecular formula is C8H7N3O2S2. The lowest BCUT2D eigenvalue weighted by atomic mass is 10.2. The van der Waals surface area contributed by atoms with E-state index in [1.165, 1.54) is 17.8 Å². The summed E-state index contributed by atoms with van der Waals surface area (Å²) in [6.07, 6.45) is 0. The molecular weight excluding hydrogens is 234 g/mol. The number of non-ortho nitro benzene ring substituents is 1. The molecule has 7 heteroatoms. The summed E-state index contributed by atoms with van der Waals surface area (Å²) in [5, 5.41) is 10.5. The van der Waals surface area contributed by atoms with Crippen LogP contribution in [-0.2, 0) is 0 Å². The SMILES string of the molecule is O=[N+]([O-])c1cccc([C@@H]2NNC(=S)S2)c1. The molecule has 1 saturated heterocycles. The molecule has 1 aromatic rings. The monoisotopic (exact) mass is 241 g/mol. The van der Waals surface area contributed by atoms with Crippen LogP contribution < -0.4 is 10.9 Å². The summed E-state index contributed by atoms with van der Waals surface area (Å²) in [7, 11) is 0. The third kappa shape index (κ3) is 2.25. The predicted octanol–water partition coefficient (Wildman–Crippen LogP) is 1.72. The number of thioether (sulfide) groups is 1. The van der Waals surface area contributed by atoms with Gasteiger partial charge in [-0.1, -0.05) is 36.1 Å². The fourth-order valence-corrected chi connectivity index (χ4v) is 2.32. The minimum Gasteiger partial charge on any atom is -0.305 e. The van der Waals surface area contributed by atoms with Crippen LogP contribution in [0.25, 0.3) is 0 Å². The Morgan fingerprint density at radius 1 is 1.53 bits per heavy atom. The maximum atomic E-state index is 10.6. The van der Waals surface area contributed by atoms with Gasteiger partial charge in [-0.05, 0) is 5.56 Å². The summed E-state index contributed by atoms with van der Waals surface area (Å²) in [4.78, 5) is 10.2. The van der Waals surface area contributed by atoms with E-state index in [0.29, 0.717) is 4.32 Å². The van der Waals surface area contributed by atoms with Crippen molar-refractivity contribution in [3.63, 3.8) is 0 Å². The third-order valence-corrected chi connectivity index (χ3v) is 3.25. The molecule has 0 amide bonds. The van der Waals surface area contributed by atoms with E-state index in [2.05, 4.69) is 10.9 Å². The minimum absolute atomic E-state index is 0.0580. The van der Waals surface area contributed by atoms with Crippen molar-refractivity contribution in [2.24, 2.45) is 0 Å². The zero-order valence-electron chi connectivity index (χ0n) is 7.47. The van der Waals surface area contributed by atoms with Crippen molar-refractivity contribution in [2.45, 2.75) is 5.37 Å². The average Bonchev–Trinajstić information content (AvgIpc) is 2.65. The van der Waals surface area contributed by atoms with Crippen molar-refractivity contribution < 1.29 is 4.92 Å². The molecule has 0 spiro atoms. The van der Waals surface area contributed by atoms with E-state index in [4.69, 9.17) is 12.2 Å². The molecule has 1 atom stereocenters. The molecule has 78 valence electrons. The number of hydrogen-bond donors (Lipinski definition) is 2. The van der Waals surface area contributed by atoms with E-state index < -0.39 is 4.92 Å². The first-order chi connectivity index (χ1) is 7.16. The van der Waals surface area contributed by atoms with Crippen LogP contribution in [0.2, 0.25) is 0 Å². The van der Waals surface area contributed by atoms with Crippen LogP contribution in [0.5, 0.6) is 0 Å². The highest BCUT2D eigenvalue weighted by Crippen LogP contribution is 2.31. The number of hydrazine groups is 1.